The van der Waals surface area contributed by atoms with Gasteiger partial charge in [0.1, 0.15) is 29.6 Å². The number of alkyl halides is 5. The van der Waals surface area contributed by atoms with Crippen LogP contribution in [0.25, 0.3) is 11.1 Å². The molecule has 286 valence electrons. The van der Waals surface area contributed by atoms with Crippen LogP contribution < -0.4 is 10.2 Å². The van der Waals surface area contributed by atoms with Crippen LogP contribution in [0.1, 0.15) is 80.1 Å². The lowest BCUT2D eigenvalue weighted by Gasteiger charge is -2.21. The molecular formula is C42H32F7N5O2. The number of anilines is 1. The summed E-state index contributed by atoms with van der Waals surface area (Å²) in [7, 11) is 3.80. The quantitative estimate of drug-likeness (QED) is 0.121. The number of rotatable bonds is 9. The van der Waals surface area contributed by atoms with E-state index in [2.05, 4.69) is 22.3 Å². The number of ketones is 1. The van der Waals surface area contributed by atoms with Crippen LogP contribution in [-0.2, 0) is 36.4 Å². The number of carbonyl (C=O) groups excluding carboxylic acids is 2. The smallest absolute Gasteiger partial charge is 0.378 e. The van der Waals surface area contributed by atoms with Gasteiger partial charge in [-0.25, -0.2) is 13.8 Å². The van der Waals surface area contributed by atoms with Crippen molar-refractivity contribution in [3.63, 3.8) is 0 Å². The molecule has 8 rings (SSSR count). The average molecular weight is 772 g/mol. The van der Waals surface area contributed by atoms with E-state index in [1.165, 1.54) is 0 Å². The standard InChI is InChI=1S/C42H32F7N5O2/c1-53(2)30-10-4-22(5-11-30)3-8-29-9-12-32(24-6-7-25-20-50-40(56)33(25)17-24)37(51-29)26(13-23-14-27(43)18-28(44)15-23)16-31(55)21-54-39-36(38(52-54)42(47,48)49)34-19-35(34)41(39,45)46/h4-7,9-12,14-15,17-18,26,34-35H,13,16,19-21H2,1-2H3,(H,50,56)/t26-,34+,35-/m1/s1. The number of nitrogens with zero attached hydrogens (tertiary/aromatic N) is 4. The molecule has 0 spiro atoms. The van der Waals surface area contributed by atoms with E-state index in [-0.39, 0.29) is 35.7 Å². The molecule has 7 nitrogen and oxygen atoms in total. The van der Waals surface area contributed by atoms with Gasteiger partial charge in [0.15, 0.2) is 11.5 Å². The molecule has 3 aromatic carbocycles. The molecule has 14 heteroatoms. The largest absolute Gasteiger partial charge is 0.435 e. The Balaban J connectivity index is 1.21. The lowest BCUT2D eigenvalue weighted by atomic mass is 9.86. The predicted molar refractivity (Wildman–Crippen MR) is 192 cm³/mol. The lowest BCUT2D eigenvalue weighted by Crippen LogP contribution is -2.24. The Kier molecular flexibility index (Phi) is 9.01. The lowest BCUT2D eigenvalue weighted by molar-refractivity contribution is -0.142. The second-order valence-corrected chi connectivity index (χ2v) is 14.6. The van der Waals surface area contributed by atoms with Crippen LogP contribution in [0.4, 0.5) is 36.4 Å². The summed E-state index contributed by atoms with van der Waals surface area (Å²) in [5, 5.41) is 6.27. The molecule has 5 aromatic rings. The molecule has 1 fully saturated rings. The van der Waals surface area contributed by atoms with Gasteiger partial charge < -0.3 is 10.2 Å². The molecule has 3 atom stereocenters. The Bertz CT molecular complexity index is 2460. The van der Waals surface area contributed by atoms with E-state index in [4.69, 9.17) is 4.98 Å². The highest BCUT2D eigenvalue weighted by molar-refractivity contribution is 5.99. The number of fused-ring (bicyclic) bond motifs is 4. The van der Waals surface area contributed by atoms with Crippen molar-refractivity contribution < 1.29 is 40.3 Å². The number of hydrogen-bond acceptors (Lipinski definition) is 5. The van der Waals surface area contributed by atoms with Crippen molar-refractivity contribution in [2.75, 3.05) is 19.0 Å². The van der Waals surface area contributed by atoms with Crippen LogP contribution in [0.2, 0.25) is 0 Å². The molecule has 3 heterocycles. The number of Topliss-reactive ketones (excluding diaryl/α,β-unsaturated/α-hetero) is 1. The molecule has 0 bridgehead atoms. The van der Waals surface area contributed by atoms with Crippen LogP contribution in [0.3, 0.4) is 0 Å². The van der Waals surface area contributed by atoms with E-state index in [0.717, 1.165) is 23.4 Å². The van der Waals surface area contributed by atoms with Gasteiger partial charge in [0.2, 0.25) is 0 Å². The van der Waals surface area contributed by atoms with E-state index < -0.39 is 77.2 Å². The molecule has 1 N–H and O–H groups in total. The predicted octanol–water partition coefficient (Wildman–Crippen LogP) is 8.15. The van der Waals surface area contributed by atoms with Crippen LogP contribution in [0, 0.1) is 29.4 Å². The van der Waals surface area contributed by atoms with Crippen LogP contribution in [-0.4, -0.2) is 40.6 Å². The summed E-state index contributed by atoms with van der Waals surface area (Å²) in [6.45, 7) is -0.572. The number of nitrogens with one attached hydrogen (secondary N) is 1. The van der Waals surface area contributed by atoms with Gasteiger partial charge in [-0.15, -0.1) is 0 Å². The highest BCUT2D eigenvalue weighted by Crippen LogP contribution is 2.68. The van der Waals surface area contributed by atoms with Crippen molar-refractivity contribution >= 4 is 17.4 Å². The monoisotopic (exact) mass is 771 g/mol. The summed E-state index contributed by atoms with van der Waals surface area (Å²) in [5.41, 5.74) is 1.54. The van der Waals surface area contributed by atoms with Crippen molar-refractivity contribution in [2.45, 2.75) is 56.3 Å². The molecule has 2 aromatic heterocycles. The molecule has 0 unspecified atom stereocenters. The van der Waals surface area contributed by atoms with Gasteiger partial charge in [-0.05, 0) is 96.0 Å². The third kappa shape index (κ3) is 6.91. The van der Waals surface area contributed by atoms with Crippen molar-refractivity contribution in [2.24, 2.45) is 5.92 Å². The first-order valence-electron chi connectivity index (χ1n) is 17.8. The first-order chi connectivity index (χ1) is 26.6. The van der Waals surface area contributed by atoms with Gasteiger partial charge in [0, 0.05) is 72.9 Å². The molecule has 0 radical (unpaired) electrons. The summed E-state index contributed by atoms with van der Waals surface area (Å²) >= 11 is 0. The number of carbonyl (C=O) groups is 2. The average Bonchev–Trinajstić information content (AvgIpc) is 3.65. The number of amides is 1. The number of hydrogen-bond donors (Lipinski definition) is 1. The molecule has 1 aliphatic heterocycles. The number of aromatic nitrogens is 3. The van der Waals surface area contributed by atoms with Gasteiger partial charge in [0.25, 0.3) is 11.8 Å². The highest BCUT2D eigenvalue weighted by atomic mass is 19.4. The maximum absolute atomic E-state index is 15.4. The first-order valence-corrected chi connectivity index (χ1v) is 17.8. The van der Waals surface area contributed by atoms with Crippen molar-refractivity contribution in [3.05, 3.63) is 135 Å². The SMILES string of the molecule is CN(C)c1ccc(C#Cc2ccc(-c3ccc4c(c3)C(=O)NC4)c([C@@H](CC(=O)Cn3nc(C(F)(F)F)c4c3C(F)(F)[C@@H]3C[C@H]43)Cc3cc(F)cc(F)c3)n2)cc1. The number of pyridine rings is 1. The third-order valence-corrected chi connectivity index (χ3v) is 10.5. The van der Waals surface area contributed by atoms with Gasteiger partial charge in [-0.3, -0.25) is 14.3 Å². The summed E-state index contributed by atoms with van der Waals surface area (Å²) < 4.78 is 102. The van der Waals surface area contributed by atoms with Crippen molar-refractivity contribution in [1.29, 1.82) is 0 Å². The first kappa shape index (κ1) is 37.0. The Morgan fingerprint density at radius 3 is 2.41 bits per heavy atom. The summed E-state index contributed by atoms with van der Waals surface area (Å²) in [5.74, 6) is -3.62. The second kappa shape index (κ2) is 13.6. The number of benzene rings is 3. The second-order valence-electron chi connectivity index (χ2n) is 14.6. The zero-order valence-electron chi connectivity index (χ0n) is 29.9. The van der Waals surface area contributed by atoms with Gasteiger partial charge in [-0.2, -0.15) is 27.1 Å². The van der Waals surface area contributed by atoms with E-state index >= 15 is 8.78 Å². The molecular weight excluding hydrogens is 739 g/mol. The molecule has 2 aliphatic carbocycles. The maximum Gasteiger partial charge on any atom is 0.435 e. The van der Waals surface area contributed by atoms with E-state index in [0.29, 0.717) is 39.5 Å². The third-order valence-electron chi connectivity index (χ3n) is 10.5. The van der Waals surface area contributed by atoms with Crippen molar-refractivity contribution in [1.82, 2.24) is 20.1 Å². The minimum atomic E-state index is -5.02. The Labute approximate surface area is 316 Å². The normalized spacial score (nSPS) is 18.0. The molecule has 3 aliphatic rings. The fourth-order valence-corrected chi connectivity index (χ4v) is 7.84. The fraction of sp³-hybridized carbons (Fsp3) is 0.286. The topological polar surface area (TPSA) is 80.1 Å². The minimum Gasteiger partial charge on any atom is -0.378 e. The Morgan fingerprint density at radius 2 is 1.71 bits per heavy atom. The number of halogens is 7. The Hall–Kier alpha value is -5.97. The summed E-state index contributed by atoms with van der Waals surface area (Å²) in [6.07, 6.45) is -5.79. The van der Waals surface area contributed by atoms with E-state index in [9.17, 15) is 31.5 Å². The Morgan fingerprint density at radius 1 is 0.982 bits per heavy atom. The molecule has 1 saturated carbocycles. The van der Waals surface area contributed by atoms with Crippen LogP contribution >= 0.6 is 0 Å². The zero-order valence-corrected chi connectivity index (χ0v) is 29.9. The maximum atomic E-state index is 15.4. The highest BCUT2D eigenvalue weighted by Gasteiger charge is 2.68. The summed E-state index contributed by atoms with van der Waals surface area (Å²) in [4.78, 5) is 33.4. The van der Waals surface area contributed by atoms with Crippen molar-refractivity contribution in [3.8, 4) is 23.0 Å². The molecule has 56 heavy (non-hydrogen) atoms. The van der Waals surface area contributed by atoms with Gasteiger partial charge in [-0.1, -0.05) is 18.1 Å². The molecule has 0 saturated heterocycles. The van der Waals surface area contributed by atoms with Gasteiger partial charge >= 0.3 is 6.18 Å². The molecule has 1 amide bonds. The van der Waals surface area contributed by atoms with Gasteiger partial charge in [0.05, 0.1) is 5.69 Å². The zero-order chi connectivity index (χ0) is 39.7. The van der Waals surface area contributed by atoms with Crippen LogP contribution in [0.15, 0.2) is 72.8 Å². The minimum absolute atomic E-state index is 0.103. The fourth-order valence-electron chi connectivity index (χ4n) is 7.84. The van der Waals surface area contributed by atoms with Crippen LogP contribution in [0.5, 0.6) is 0 Å². The van der Waals surface area contributed by atoms with E-state index in [1.807, 2.05) is 43.3 Å². The van der Waals surface area contributed by atoms with E-state index in [1.54, 1.807) is 30.3 Å². The summed E-state index contributed by atoms with van der Waals surface area (Å²) in [6, 6.07) is 18.8.